The first-order valence-corrected chi connectivity index (χ1v) is 7.88. The second-order valence-electron chi connectivity index (χ2n) is 3.72. The molecule has 0 radical (unpaired) electrons. The van der Waals surface area contributed by atoms with Gasteiger partial charge in [-0.25, -0.2) is 0 Å². The molecule has 106 valence electrons. The number of rotatable bonds is 6. The van der Waals surface area contributed by atoms with E-state index in [2.05, 4.69) is 42.5 Å². The van der Waals surface area contributed by atoms with Crippen molar-refractivity contribution in [3.8, 4) is 0 Å². The van der Waals surface area contributed by atoms with Crippen LogP contribution < -0.4 is 10.6 Å². The first kappa shape index (κ1) is 16.6. The minimum atomic E-state index is -0.602. The molecule has 0 aromatic carbocycles. The van der Waals surface area contributed by atoms with E-state index in [1.165, 1.54) is 11.3 Å². The van der Waals surface area contributed by atoms with Crippen LogP contribution in [0.25, 0.3) is 0 Å². The lowest BCUT2D eigenvalue weighted by molar-refractivity contribution is -0.122. The first-order chi connectivity index (χ1) is 8.95. The average Bonchev–Trinajstić information content (AvgIpc) is 2.68. The molecule has 0 fully saturated rings. The fraction of sp³-hybridized carbons (Fsp3) is 0.455. The minimum Gasteiger partial charge on any atom is -0.383 e. The van der Waals surface area contributed by atoms with E-state index in [0.717, 1.165) is 7.57 Å². The Morgan fingerprint density at radius 1 is 1.47 bits per heavy atom. The number of hydrogen-bond donors (Lipinski definition) is 2. The van der Waals surface area contributed by atoms with E-state index >= 15 is 0 Å². The number of ether oxygens (including phenoxy) is 1. The fourth-order valence-corrected chi connectivity index (χ4v) is 4.06. The topological polar surface area (TPSA) is 67.4 Å². The van der Waals surface area contributed by atoms with Gasteiger partial charge in [-0.1, -0.05) is 0 Å². The van der Waals surface area contributed by atoms with Crippen LogP contribution in [0.3, 0.4) is 0 Å². The molecule has 0 bridgehead atoms. The van der Waals surface area contributed by atoms with Crippen LogP contribution >= 0.6 is 43.2 Å². The molecule has 1 rings (SSSR count). The van der Waals surface area contributed by atoms with Gasteiger partial charge in [-0.05, 0) is 44.8 Å². The maximum atomic E-state index is 12.0. The van der Waals surface area contributed by atoms with Crippen LogP contribution in [0.15, 0.2) is 13.6 Å². The second kappa shape index (κ2) is 7.98. The Balaban J connectivity index is 2.52. The molecule has 5 nitrogen and oxygen atoms in total. The van der Waals surface area contributed by atoms with Gasteiger partial charge in [-0.3, -0.25) is 9.59 Å². The van der Waals surface area contributed by atoms with Gasteiger partial charge >= 0.3 is 0 Å². The Hall–Kier alpha value is -0.440. The quantitative estimate of drug-likeness (QED) is 0.702. The van der Waals surface area contributed by atoms with Crippen molar-refractivity contribution in [1.82, 2.24) is 10.6 Å². The smallest absolute Gasteiger partial charge is 0.253 e. The molecular weight excluding hydrogens is 400 g/mol. The summed E-state index contributed by atoms with van der Waals surface area (Å²) in [4.78, 5) is 23.6. The molecule has 8 heteroatoms. The Labute approximate surface area is 132 Å². The summed E-state index contributed by atoms with van der Waals surface area (Å²) in [5.74, 6) is -0.529. The third kappa shape index (κ3) is 5.21. The fourth-order valence-electron chi connectivity index (χ4n) is 1.26. The van der Waals surface area contributed by atoms with Crippen molar-refractivity contribution >= 4 is 55.0 Å². The number of thiophene rings is 1. The molecule has 1 aromatic rings. The zero-order valence-corrected chi connectivity index (χ0v) is 14.4. The van der Waals surface area contributed by atoms with Gasteiger partial charge < -0.3 is 15.4 Å². The van der Waals surface area contributed by atoms with Crippen molar-refractivity contribution in [1.29, 1.82) is 0 Å². The molecule has 1 unspecified atom stereocenters. The van der Waals surface area contributed by atoms with Crippen molar-refractivity contribution < 1.29 is 14.3 Å². The minimum absolute atomic E-state index is 0.240. The summed E-state index contributed by atoms with van der Waals surface area (Å²) in [7, 11) is 1.56. The van der Waals surface area contributed by atoms with E-state index in [4.69, 9.17) is 4.74 Å². The Kier molecular flexibility index (Phi) is 6.98. The van der Waals surface area contributed by atoms with Gasteiger partial charge in [0.25, 0.3) is 5.91 Å². The molecule has 1 aromatic heterocycles. The molecule has 19 heavy (non-hydrogen) atoms. The van der Waals surface area contributed by atoms with E-state index < -0.39 is 6.04 Å². The van der Waals surface area contributed by atoms with Gasteiger partial charge in [-0.15, -0.1) is 11.3 Å². The summed E-state index contributed by atoms with van der Waals surface area (Å²) in [5.41, 5.74) is 0.508. The van der Waals surface area contributed by atoms with Gasteiger partial charge in [0.15, 0.2) is 0 Å². The lowest BCUT2D eigenvalue weighted by Crippen LogP contribution is -2.45. The maximum absolute atomic E-state index is 12.0. The molecule has 0 saturated carbocycles. The summed E-state index contributed by atoms with van der Waals surface area (Å²) in [6.45, 7) is 2.49. The zero-order chi connectivity index (χ0) is 14.4. The number of hydrogen-bond acceptors (Lipinski definition) is 4. The highest BCUT2D eigenvalue weighted by Crippen LogP contribution is 2.31. The van der Waals surface area contributed by atoms with Gasteiger partial charge in [0.2, 0.25) is 5.91 Å². The summed E-state index contributed by atoms with van der Waals surface area (Å²) in [5, 5.41) is 5.30. The van der Waals surface area contributed by atoms with Gasteiger partial charge in [0.05, 0.1) is 19.7 Å². The Morgan fingerprint density at radius 3 is 2.68 bits per heavy atom. The summed E-state index contributed by atoms with van der Waals surface area (Å²) in [6.07, 6.45) is 0. The SMILES string of the molecule is COCCNC(=O)C(C)NC(=O)c1cc(Br)sc1Br. The highest BCUT2D eigenvalue weighted by Gasteiger charge is 2.19. The summed E-state index contributed by atoms with van der Waals surface area (Å²) < 4.78 is 6.40. The van der Waals surface area contributed by atoms with E-state index in [9.17, 15) is 9.59 Å². The normalized spacial score (nSPS) is 12.0. The van der Waals surface area contributed by atoms with E-state index in [1.54, 1.807) is 20.1 Å². The Morgan fingerprint density at radius 2 is 2.16 bits per heavy atom. The second-order valence-corrected chi connectivity index (χ2v) is 7.47. The van der Waals surface area contributed by atoms with E-state index in [-0.39, 0.29) is 11.8 Å². The number of carbonyl (C=O) groups is 2. The van der Waals surface area contributed by atoms with Gasteiger partial charge in [0.1, 0.15) is 6.04 Å². The Bertz CT molecular complexity index is 465. The van der Waals surface area contributed by atoms with Gasteiger partial charge in [-0.2, -0.15) is 0 Å². The number of nitrogens with one attached hydrogen (secondary N) is 2. The van der Waals surface area contributed by atoms with E-state index in [0.29, 0.717) is 18.7 Å². The predicted octanol–water partition coefficient (Wildman–Crippen LogP) is 2.15. The number of amides is 2. The average molecular weight is 414 g/mol. The number of methoxy groups -OCH3 is 1. The van der Waals surface area contributed by atoms with Crippen molar-refractivity contribution in [2.24, 2.45) is 0 Å². The molecule has 2 N–H and O–H groups in total. The van der Waals surface area contributed by atoms with Crippen molar-refractivity contribution in [3.05, 3.63) is 19.2 Å². The van der Waals surface area contributed by atoms with Crippen LogP contribution in [-0.2, 0) is 9.53 Å². The van der Waals surface area contributed by atoms with Crippen molar-refractivity contribution in [2.45, 2.75) is 13.0 Å². The molecule has 1 atom stereocenters. The zero-order valence-electron chi connectivity index (χ0n) is 10.5. The van der Waals surface area contributed by atoms with Crippen LogP contribution in [0.5, 0.6) is 0 Å². The highest BCUT2D eigenvalue weighted by molar-refractivity contribution is 9.12. The lowest BCUT2D eigenvalue weighted by Gasteiger charge is -2.13. The van der Waals surface area contributed by atoms with Crippen LogP contribution in [-0.4, -0.2) is 38.1 Å². The third-order valence-corrected chi connectivity index (χ3v) is 4.59. The van der Waals surface area contributed by atoms with E-state index in [1.807, 2.05) is 0 Å². The third-order valence-electron chi connectivity index (χ3n) is 2.25. The lowest BCUT2D eigenvalue weighted by atomic mass is 10.2. The first-order valence-electron chi connectivity index (χ1n) is 5.48. The number of carbonyl (C=O) groups excluding carboxylic acids is 2. The summed E-state index contributed by atoms with van der Waals surface area (Å²) >= 11 is 8.02. The standard InChI is InChI=1S/C11H14Br2N2O3S/c1-6(10(16)14-3-4-18-2)15-11(17)7-5-8(12)19-9(7)13/h5-6H,3-4H2,1-2H3,(H,14,16)(H,15,17). The molecule has 0 aliphatic heterocycles. The van der Waals surface area contributed by atoms with Crippen LogP contribution in [0.1, 0.15) is 17.3 Å². The van der Waals surface area contributed by atoms with Crippen molar-refractivity contribution in [2.75, 3.05) is 20.3 Å². The predicted molar refractivity (Wildman–Crippen MR) is 81.5 cm³/mol. The molecule has 1 heterocycles. The number of halogens is 2. The highest BCUT2D eigenvalue weighted by atomic mass is 79.9. The van der Waals surface area contributed by atoms with Crippen LogP contribution in [0.4, 0.5) is 0 Å². The molecule has 0 spiro atoms. The molecule has 0 saturated heterocycles. The molecular formula is C11H14Br2N2O3S. The molecule has 0 aliphatic carbocycles. The maximum Gasteiger partial charge on any atom is 0.253 e. The monoisotopic (exact) mass is 412 g/mol. The van der Waals surface area contributed by atoms with Crippen molar-refractivity contribution in [3.63, 3.8) is 0 Å². The molecule has 0 aliphatic rings. The van der Waals surface area contributed by atoms with Crippen LogP contribution in [0.2, 0.25) is 0 Å². The van der Waals surface area contributed by atoms with Gasteiger partial charge in [0, 0.05) is 13.7 Å². The van der Waals surface area contributed by atoms with Crippen LogP contribution in [0, 0.1) is 0 Å². The molecule has 2 amide bonds. The largest absolute Gasteiger partial charge is 0.383 e. The summed E-state index contributed by atoms with van der Waals surface area (Å²) in [6, 6.07) is 1.11.